The standard InChI is InChI=1S/C62H92O6/c1-4-7-10-13-16-19-22-25-27-29-31-33-35-37-40-43-46-49-52-55-61(64)67-58-59(57-66-60(63)54-51-48-45-42-39-24-21-18-15-12-9-6-3)68-62(65)56-53-50-47-44-41-38-36-34-32-30-28-26-23-20-17-14-11-8-5-2/h7-13,16-22,25-29,31-35,37-38,40-41,59H,4-6,14-15,23-24,30,36,39,42-58H2,1-3H3/b10-7-,11-8-,12-9-,16-13-,20-17-,21-18-,22-19-,27-25-,28-26-,31-29+,34-32-,35-33-,40-37-,41-38-. The van der Waals surface area contributed by atoms with E-state index in [1.807, 2.05) is 72.9 Å². The smallest absolute Gasteiger partial charge is 0.306 e. The number of hydrogen-bond donors (Lipinski definition) is 0. The summed E-state index contributed by atoms with van der Waals surface area (Å²) in [6.45, 7) is 6.15. The SMILES string of the molecule is CC\C=C/C=C\C=C/C=C\C=C\C=C/C=C\CCCCCC(=O)OCC(COC(=O)CCCCCCC/C=C\C/C=C\CC)OC(=O)CCCCC/C=C\C/C=C\C/C=C\C/C=C\C/C=C\CC. The summed E-state index contributed by atoms with van der Waals surface area (Å²) in [7, 11) is 0. The molecule has 0 fully saturated rings. The van der Waals surface area contributed by atoms with Crippen molar-refractivity contribution in [3.8, 4) is 0 Å². The van der Waals surface area contributed by atoms with E-state index in [9.17, 15) is 14.4 Å². The second kappa shape index (κ2) is 54.4. The normalized spacial score (nSPS) is 13.5. The maximum absolute atomic E-state index is 12.8. The fourth-order valence-electron chi connectivity index (χ4n) is 6.31. The average Bonchev–Trinajstić information content (AvgIpc) is 3.34. The van der Waals surface area contributed by atoms with Crippen LogP contribution in [-0.2, 0) is 28.6 Å². The Labute approximate surface area is 415 Å². The van der Waals surface area contributed by atoms with E-state index in [0.29, 0.717) is 19.3 Å². The van der Waals surface area contributed by atoms with Crippen LogP contribution >= 0.6 is 0 Å². The number of esters is 3. The molecule has 0 amide bonds. The van der Waals surface area contributed by atoms with Gasteiger partial charge in [-0.25, -0.2) is 0 Å². The summed E-state index contributed by atoms with van der Waals surface area (Å²) in [5.74, 6) is -1.03. The van der Waals surface area contributed by atoms with Gasteiger partial charge >= 0.3 is 17.9 Å². The zero-order valence-electron chi connectivity index (χ0n) is 42.8. The van der Waals surface area contributed by atoms with E-state index < -0.39 is 6.10 Å². The lowest BCUT2D eigenvalue weighted by atomic mass is 10.1. The molecular weight excluding hydrogens is 841 g/mol. The largest absolute Gasteiger partial charge is 0.462 e. The number of carbonyl (C=O) groups is 3. The van der Waals surface area contributed by atoms with Crippen molar-refractivity contribution in [2.45, 2.75) is 187 Å². The average molecular weight is 933 g/mol. The summed E-state index contributed by atoms with van der Waals surface area (Å²) in [6, 6.07) is 0. The topological polar surface area (TPSA) is 78.9 Å². The molecule has 0 aromatic carbocycles. The highest BCUT2D eigenvalue weighted by molar-refractivity contribution is 5.71. The quantitative estimate of drug-likeness (QED) is 0.0199. The van der Waals surface area contributed by atoms with Crippen LogP contribution < -0.4 is 0 Å². The summed E-state index contributed by atoms with van der Waals surface area (Å²) in [5, 5.41) is 0. The monoisotopic (exact) mass is 933 g/mol. The van der Waals surface area contributed by atoms with Gasteiger partial charge in [0, 0.05) is 19.3 Å². The number of rotatable bonds is 44. The zero-order valence-corrected chi connectivity index (χ0v) is 42.8. The maximum atomic E-state index is 12.8. The van der Waals surface area contributed by atoms with Crippen LogP contribution in [0.1, 0.15) is 181 Å². The molecule has 0 aliphatic heterocycles. The lowest BCUT2D eigenvalue weighted by Crippen LogP contribution is -2.30. The summed E-state index contributed by atoms with van der Waals surface area (Å²) in [4.78, 5) is 38.0. The molecular formula is C62H92O6. The molecule has 376 valence electrons. The minimum absolute atomic E-state index is 0.123. The van der Waals surface area contributed by atoms with Crippen LogP contribution in [0.5, 0.6) is 0 Å². The van der Waals surface area contributed by atoms with Crippen LogP contribution in [0.15, 0.2) is 170 Å². The number of unbranched alkanes of at least 4 members (excludes halogenated alkanes) is 11. The first-order valence-electron chi connectivity index (χ1n) is 26.2. The Hall–Kier alpha value is -5.23. The van der Waals surface area contributed by atoms with Crippen molar-refractivity contribution in [3.63, 3.8) is 0 Å². The third-order valence-electron chi connectivity index (χ3n) is 10.1. The van der Waals surface area contributed by atoms with Crippen molar-refractivity contribution >= 4 is 17.9 Å². The van der Waals surface area contributed by atoms with Gasteiger partial charge in [0.25, 0.3) is 0 Å². The first-order valence-corrected chi connectivity index (χ1v) is 26.2. The van der Waals surface area contributed by atoms with Gasteiger partial charge in [-0.3, -0.25) is 14.4 Å². The molecule has 6 nitrogen and oxygen atoms in total. The highest BCUT2D eigenvalue weighted by Gasteiger charge is 2.19. The van der Waals surface area contributed by atoms with Crippen LogP contribution in [0.2, 0.25) is 0 Å². The first kappa shape index (κ1) is 62.8. The fraction of sp³-hybridized carbons (Fsp3) is 0.500. The molecule has 68 heavy (non-hydrogen) atoms. The Balaban J connectivity index is 4.61. The van der Waals surface area contributed by atoms with Crippen molar-refractivity contribution in [1.82, 2.24) is 0 Å². The molecule has 0 spiro atoms. The second-order valence-corrected chi connectivity index (χ2v) is 16.5. The van der Waals surface area contributed by atoms with E-state index in [0.717, 1.165) is 128 Å². The van der Waals surface area contributed by atoms with E-state index in [4.69, 9.17) is 14.2 Å². The lowest BCUT2D eigenvalue weighted by Gasteiger charge is -2.18. The van der Waals surface area contributed by atoms with Gasteiger partial charge < -0.3 is 14.2 Å². The number of hydrogen-bond acceptors (Lipinski definition) is 6. The lowest BCUT2D eigenvalue weighted by molar-refractivity contribution is -0.167. The van der Waals surface area contributed by atoms with Crippen molar-refractivity contribution in [2.75, 3.05) is 13.2 Å². The first-order chi connectivity index (χ1) is 33.5. The van der Waals surface area contributed by atoms with Gasteiger partial charge in [0.05, 0.1) is 0 Å². The van der Waals surface area contributed by atoms with E-state index in [1.54, 1.807) is 0 Å². The Morgan fingerprint density at radius 2 is 0.603 bits per heavy atom. The summed E-state index contributed by atoms with van der Waals surface area (Å²) in [5.41, 5.74) is 0. The number of ether oxygens (including phenoxy) is 3. The molecule has 1 atom stereocenters. The summed E-state index contributed by atoms with van der Waals surface area (Å²) >= 11 is 0. The summed E-state index contributed by atoms with van der Waals surface area (Å²) < 4.78 is 16.7. The molecule has 0 aliphatic rings. The van der Waals surface area contributed by atoms with Crippen molar-refractivity contribution in [3.05, 3.63) is 170 Å². The van der Waals surface area contributed by atoms with Crippen LogP contribution in [0, 0.1) is 0 Å². The Morgan fingerprint density at radius 1 is 0.309 bits per heavy atom. The highest BCUT2D eigenvalue weighted by Crippen LogP contribution is 2.12. The molecule has 0 aromatic rings. The Morgan fingerprint density at radius 3 is 1.01 bits per heavy atom. The van der Waals surface area contributed by atoms with Crippen LogP contribution in [0.4, 0.5) is 0 Å². The van der Waals surface area contributed by atoms with Gasteiger partial charge in [-0.2, -0.15) is 0 Å². The molecule has 1 unspecified atom stereocenters. The summed E-state index contributed by atoms with van der Waals surface area (Å²) in [6.07, 6.45) is 80.5. The third-order valence-corrected chi connectivity index (χ3v) is 10.1. The van der Waals surface area contributed by atoms with Crippen LogP contribution in [0.25, 0.3) is 0 Å². The molecule has 6 heteroatoms. The molecule has 0 rings (SSSR count). The van der Waals surface area contributed by atoms with Crippen LogP contribution in [-0.4, -0.2) is 37.2 Å². The number of carbonyl (C=O) groups excluding carboxylic acids is 3. The predicted molar refractivity (Wildman–Crippen MR) is 292 cm³/mol. The van der Waals surface area contributed by atoms with E-state index in [2.05, 4.69) is 118 Å². The predicted octanol–water partition coefficient (Wildman–Crippen LogP) is 17.6. The van der Waals surface area contributed by atoms with Gasteiger partial charge in [-0.15, -0.1) is 0 Å². The maximum Gasteiger partial charge on any atom is 0.306 e. The van der Waals surface area contributed by atoms with Crippen LogP contribution in [0.3, 0.4) is 0 Å². The molecule has 0 heterocycles. The van der Waals surface area contributed by atoms with Gasteiger partial charge in [0.2, 0.25) is 0 Å². The van der Waals surface area contributed by atoms with E-state index in [-0.39, 0.29) is 44.0 Å². The third kappa shape index (κ3) is 51.7. The van der Waals surface area contributed by atoms with Gasteiger partial charge in [-0.1, -0.05) is 223 Å². The minimum atomic E-state index is -0.830. The van der Waals surface area contributed by atoms with Crippen molar-refractivity contribution in [1.29, 1.82) is 0 Å². The molecule has 0 N–H and O–H groups in total. The van der Waals surface area contributed by atoms with E-state index >= 15 is 0 Å². The van der Waals surface area contributed by atoms with E-state index in [1.165, 1.54) is 0 Å². The Kier molecular flexibility index (Phi) is 50.2. The molecule has 0 saturated carbocycles. The highest BCUT2D eigenvalue weighted by atomic mass is 16.6. The second-order valence-electron chi connectivity index (χ2n) is 16.5. The van der Waals surface area contributed by atoms with Gasteiger partial charge in [0.1, 0.15) is 13.2 Å². The molecule has 0 radical (unpaired) electrons. The minimum Gasteiger partial charge on any atom is -0.462 e. The van der Waals surface area contributed by atoms with Gasteiger partial charge in [0.15, 0.2) is 6.10 Å². The molecule has 0 aromatic heterocycles. The zero-order chi connectivity index (χ0) is 49.3. The molecule has 0 bridgehead atoms. The molecule has 0 aliphatic carbocycles. The molecule has 0 saturated heterocycles. The Bertz CT molecular complexity index is 1640. The van der Waals surface area contributed by atoms with Crippen molar-refractivity contribution in [2.24, 2.45) is 0 Å². The fourth-order valence-corrected chi connectivity index (χ4v) is 6.31. The van der Waals surface area contributed by atoms with Crippen molar-refractivity contribution < 1.29 is 28.6 Å². The number of allylic oxidation sites excluding steroid dienone is 28. The van der Waals surface area contributed by atoms with Gasteiger partial charge in [-0.05, 0) is 109 Å².